The molecule has 1 aliphatic carbocycles. The molecule has 0 radical (unpaired) electrons. The summed E-state index contributed by atoms with van der Waals surface area (Å²) in [5, 5.41) is 4.23. The van der Waals surface area contributed by atoms with E-state index in [4.69, 9.17) is 16.6 Å². The van der Waals surface area contributed by atoms with Gasteiger partial charge >= 0.3 is 0 Å². The van der Waals surface area contributed by atoms with E-state index in [9.17, 15) is 9.59 Å². The van der Waals surface area contributed by atoms with Gasteiger partial charge in [-0.1, -0.05) is 24.4 Å². The Balaban J connectivity index is 1.46. The number of carbonyl (C=O) groups excluding carboxylic acids is 1. The highest BCUT2D eigenvalue weighted by molar-refractivity contribution is 6.31. The second-order valence-electron chi connectivity index (χ2n) is 8.99. The Hall–Kier alpha value is -2.97. The fourth-order valence-corrected chi connectivity index (χ4v) is 5.00. The Bertz CT molecular complexity index is 1280. The van der Waals surface area contributed by atoms with E-state index in [0.717, 1.165) is 54.6 Å². The molecule has 3 heterocycles. The van der Waals surface area contributed by atoms with Crippen LogP contribution in [0.4, 0.5) is 17.3 Å². The van der Waals surface area contributed by atoms with Crippen molar-refractivity contribution in [3.63, 3.8) is 0 Å². The van der Waals surface area contributed by atoms with Gasteiger partial charge in [-0.05, 0) is 56.6 Å². The van der Waals surface area contributed by atoms with Crippen molar-refractivity contribution in [1.29, 1.82) is 0 Å². The molecule has 3 aromatic rings. The van der Waals surface area contributed by atoms with Crippen molar-refractivity contribution in [1.82, 2.24) is 19.4 Å². The van der Waals surface area contributed by atoms with Gasteiger partial charge in [0.05, 0.1) is 6.54 Å². The predicted octanol–water partition coefficient (Wildman–Crippen LogP) is 3.89. The monoisotopic (exact) mass is 466 g/mol. The van der Waals surface area contributed by atoms with Crippen LogP contribution < -0.4 is 15.8 Å². The minimum atomic E-state index is -0.196. The SMILES string of the molecule is Cc1cc(N2CCN(C)CC2=O)ccc1Nc1ncc2cc(Cl)c(=O)n(C3CCCC3)c2n1. The summed E-state index contributed by atoms with van der Waals surface area (Å²) in [5.74, 6) is 0.521. The Morgan fingerprint density at radius 1 is 1.12 bits per heavy atom. The molecule has 1 aliphatic heterocycles. The molecule has 1 saturated carbocycles. The highest BCUT2D eigenvalue weighted by Gasteiger charge is 2.24. The third kappa shape index (κ3) is 4.20. The lowest BCUT2D eigenvalue weighted by Gasteiger charge is -2.32. The molecule has 0 spiro atoms. The first-order valence-corrected chi connectivity index (χ1v) is 11.7. The van der Waals surface area contributed by atoms with Gasteiger partial charge in [-0.15, -0.1) is 0 Å². The Morgan fingerprint density at radius 2 is 1.91 bits per heavy atom. The summed E-state index contributed by atoms with van der Waals surface area (Å²) >= 11 is 6.22. The van der Waals surface area contributed by atoms with Crippen LogP contribution in [0.1, 0.15) is 37.3 Å². The number of piperazine rings is 1. The van der Waals surface area contributed by atoms with Crippen molar-refractivity contribution in [3.05, 3.63) is 51.4 Å². The van der Waals surface area contributed by atoms with Crippen LogP contribution >= 0.6 is 11.6 Å². The van der Waals surface area contributed by atoms with Crippen molar-refractivity contribution in [2.45, 2.75) is 38.6 Å². The maximum atomic E-state index is 12.8. The van der Waals surface area contributed by atoms with Crippen molar-refractivity contribution in [2.75, 3.05) is 36.9 Å². The average Bonchev–Trinajstić information content (AvgIpc) is 3.31. The first-order valence-electron chi connectivity index (χ1n) is 11.3. The maximum absolute atomic E-state index is 12.8. The van der Waals surface area contributed by atoms with Crippen molar-refractivity contribution in [2.24, 2.45) is 0 Å². The van der Waals surface area contributed by atoms with Gasteiger partial charge in [-0.2, -0.15) is 4.98 Å². The zero-order valence-corrected chi connectivity index (χ0v) is 19.6. The molecule has 0 bridgehead atoms. The standard InChI is InChI=1S/C24H27ClN6O2/c1-15-11-18(30-10-9-29(2)14-21(30)32)7-8-20(15)27-24-26-13-16-12-19(25)23(33)31(22(16)28-24)17-5-3-4-6-17/h7-8,11-13,17H,3-6,9-10,14H2,1-2H3,(H,26,27,28). The number of rotatable bonds is 4. The summed E-state index contributed by atoms with van der Waals surface area (Å²) in [6.45, 7) is 3.94. The van der Waals surface area contributed by atoms with Gasteiger partial charge in [-0.3, -0.25) is 19.1 Å². The number of nitrogens with zero attached hydrogens (tertiary/aromatic N) is 5. The molecule has 2 aliphatic rings. The number of aromatic nitrogens is 3. The summed E-state index contributed by atoms with van der Waals surface area (Å²) in [5.41, 5.74) is 3.13. The lowest BCUT2D eigenvalue weighted by molar-refractivity contribution is -0.120. The van der Waals surface area contributed by atoms with Crippen LogP contribution in [0.15, 0.2) is 35.3 Å². The van der Waals surface area contributed by atoms with Crippen molar-refractivity contribution >= 4 is 45.9 Å². The van der Waals surface area contributed by atoms with Gasteiger partial charge in [0.1, 0.15) is 10.7 Å². The molecular weight excluding hydrogens is 440 g/mol. The van der Waals surface area contributed by atoms with Gasteiger partial charge in [0.2, 0.25) is 11.9 Å². The minimum Gasteiger partial charge on any atom is -0.324 e. The summed E-state index contributed by atoms with van der Waals surface area (Å²) in [7, 11) is 1.96. The molecule has 1 aromatic carbocycles. The highest BCUT2D eigenvalue weighted by atomic mass is 35.5. The van der Waals surface area contributed by atoms with Crippen LogP contribution in [0.2, 0.25) is 5.02 Å². The first-order chi connectivity index (χ1) is 15.9. The van der Waals surface area contributed by atoms with Crippen molar-refractivity contribution < 1.29 is 4.79 Å². The number of aryl methyl sites for hydroxylation is 1. The zero-order valence-electron chi connectivity index (χ0n) is 18.8. The number of nitrogens with one attached hydrogen (secondary N) is 1. The molecule has 1 amide bonds. The summed E-state index contributed by atoms with van der Waals surface area (Å²) in [6.07, 6.45) is 5.81. The Morgan fingerprint density at radius 3 is 2.64 bits per heavy atom. The maximum Gasteiger partial charge on any atom is 0.271 e. The van der Waals surface area contributed by atoms with Crippen LogP contribution in [0, 0.1) is 6.92 Å². The molecule has 33 heavy (non-hydrogen) atoms. The number of amides is 1. The fraction of sp³-hybridized carbons (Fsp3) is 0.417. The van der Waals surface area contributed by atoms with E-state index in [0.29, 0.717) is 24.7 Å². The second kappa shape index (κ2) is 8.76. The van der Waals surface area contributed by atoms with Gasteiger partial charge < -0.3 is 10.2 Å². The van der Waals surface area contributed by atoms with E-state index >= 15 is 0 Å². The van der Waals surface area contributed by atoms with Crippen LogP contribution in [0.25, 0.3) is 11.0 Å². The molecule has 0 atom stereocenters. The fourth-order valence-electron chi connectivity index (χ4n) is 4.79. The van der Waals surface area contributed by atoms with Crippen LogP contribution in [0.3, 0.4) is 0 Å². The Labute approximate surface area is 197 Å². The van der Waals surface area contributed by atoms with Crippen LogP contribution in [-0.2, 0) is 4.79 Å². The number of halogens is 1. The second-order valence-corrected chi connectivity index (χ2v) is 9.39. The highest BCUT2D eigenvalue weighted by Crippen LogP contribution is 2.32. The van der Waals surface area contributed by atoms with E-state index < -0.39 is 0 Å². The third-order valence-corrected chi connectivity index (χ3v) is 6.87. The Kier molecular flexibility index (Phi) is 5.80. The first kappa shape index (κ1) is 21.9. The number of hydrogen-bond donors (Lipinski definition) is 1. The summed E-state index contributed by atoms with van der Waals surface area (Å²) < 4.78 is 1.74. The van der Waals surface area contributed by atoms with Gasteiger partial charge in [0.15, 0.2) is 0 Å². The number of pyridine rings is 1. The molecule has 5 rings (SSSR count). The van der Waals surface area contributed by atoms with Crippen LogP contribution in [-0.4, -0.2) is 52.0 Å². The minimum absolute atomic E-state index is 0.102. The average molecular weight is 467 g/mol. The van der Waals surface area contributed by atoms with Gasteiger partial charge in [-0.25, -0.2) is 4.98 Å². The molecule has 0 unspecified atom stereocenters. The van der Waals surface area contributed by atoms with E-state index in [-0.39, 0.29) is 22.5 Å². The molecule has 2 aromatic heterocycles. The molecule has 8 nitrogen and oxygen atoms in total. The lowest BCUT2D eigenvalue weighted by Crippen LogP contribution is -2.48. The van der Waals surface area contributed by atoms with Gasteiger partial charge in [0.25, 0.3) is 5.56 Å². The lowest BCUT2D eigenvalue weighted by atomic mass is 10.1. The van der Waals surface area contributed by atoms with E-state index in [2.05, 4.69) is 10.3 Å². The summed E-state index contributed by atoms with van der Waals surface area (Å²) in [4.78, 5) is 38.3. The molecule has 172 valence electrons. The summed E-state index contributed by atoms with van der Waals surface area (Å²) in [6, 6.07) is 7.63. The van der Waals surface area contributed by atoms with E-state index in [1.807, 2.05) is 42.0 Å². The molecule has 1 N–H and O–H groups in total. The number of anilines is 3. The molecule has 2 fully saturated rings. The van der Waals surface area contributed by atoms with Crippen LogP contribution in [0.5, 0.6) is 0 Å². The smallest absolute Gasteiger partial charge is 0.271 e. The van der Waals surface area contributed by atoms with Gasteiger partial charge in [0, 0.05) is 42.1 Å². The molecular formula is C24H27ClN6O2. The third-order valence-electron chi connectivity index (χ3n) is 6.60. The molecule has 9 heteroatoms. The number of carbonyl (C=O) groups is 1. The number of fused-ring (bicyclic) bond motifs is 1. The largest absolute Gasteiger partial charge is 0.324 e. The number of hydrogen-bond acceptors (Lipinski definition) is 6. The van der Waals surface area contributed by atoms with Crippen molar-refractivity contribution in [3.8, 4) is 0 Å². The zero-order chi connectivity index (χ0) is 23.1. The number of benzene rings is 1. The quantitative estimate of drug-likeness (QED) is 0.628. The van der Waals surface area contributed by atoms with E-state index in [1.165, 1.54) is 0 Å². The number of likely N-dealkylation sites (N-methyl/N-ethyl adjacent to an activating group) is 1. The molecule has 1 saturated heterocycles. The van der Waals surface area contributed by atoms with E-state index in [1.54, 1.807) is 16.8 Å². The predicted molar refractivity (Wildman–Crippen MR) is 131 cm³/mol. The normalized spacial score (nSPS) is 17.8. The topological polar surface area (TPSA) is 83.4 Å².